The van der Waals surface area contributed by atoms with Crippen molar-refractivity contribution in [2.75, 3.05) is 0 Å². The highest BCUT2D eigenvalue weighted by Crippen LogP contribution is 2.54. The van der Waals surface area contributed by atoms with E-state index in [9.17, 15) is 10.1 Å². The van der Waals surface area contributed by atoms with Gasteiger partial charge in [-0.2, -0.15) is 10.4 Å². The van der Waals surface area contributed by atoms with Crippen molar-refractivity contribution >= 4 is 17.4 Å². The molecule has 0 saturated heterocycles. The number of carbonyl (C=O) groups excluding carboxylic acids is 1. The predicted octanol–water partition coefficient (Wildman–Crippen LogP) is 2.95. The van der Waals surface area contributed by atoms with Crippen molar-refractivity contribution in [2.24, 2.45) is 18.4 Å². The minimum absolute atomic E-state index is 0.0575. The molecule has 0 radical (unpaired) electrons. The van der Waals surface area contributed by atoms with Crippen LogP contribution in [0.15, 0.2) is 11.6 Å². The average Bonchev–Trinajstić information content (AvgIpc) is 2.72. The lowest BCUT2D eigenvalue weighted by Crippen LogP contribution is -2.51. The Labute approximate surface area is 129 Å². The maximum absolute atomic E-state index is 12.5. The quantitative estimate of drug-likeness (QED) is 0.740. The molecular formula is C16H18ClN3O. The van der Waals surface area contributed by atoms with Gasteiger partial charge < -0.3 is 0 Å². The zero-order valence-electron chi connectivity index (χ0n) is 12.7. The van der Waals surface area contributed by atoms with Crippen LogP contribution in [-0.2, 0) is 23.7 Å². The topological polar surface area (TPSA) is 58.7 Å². The molecule has 0 aliphatic heterocycles. The Morgan fingerprint density at radius 2 is 2.14 bits per heavy atom. The molecule has 0 spiro atoms. The fourth-order valence-electron chi connectivity index (χ4n) is 4.19. The van der Waals surface area contributed by atoms with Crippen molar-refractivity contribution in [3.8, 4) is 6.07 Å². The van der Waals surface area contributed by atoms with E-state index in [0.29, 0.717) is 5.15 Å². The summed E-state index contributed by atoms with van der Waals surface area (Å²) >= 11 is 6.34. The third-order valence-electron chi connectivity index (χ3n) is 5.25. The summed E-state index contributed by atoms with van der Waals surface area (Å²) in [4.78, 5) is 12.5. The molecule has 0 bridgehead atoms. The molecule has 0 amide bonds. The molecule has 5 heteroatoms. The fraction of sp³-hybridized carbons (Fsp3) is 0.562. The Morgan fingerprint density at radius 3 is 2.76 bits per heavy atom. The predicted molar refractivity (Wildman–Crippen MR) is 79.9 cm³/mol. The van der Waals surface area contributed by atoms with Gasteiger partial charge in [-0.05, 0) is 18.8 Å². The number of halogens is 1. The van der Waals surface area contributed by atoms with E-state index in [1.807, 2.05) is 27.0 Å². The molecule has 2 aliphatic carbocycles. The lowest BCUT2D eigenvalue weighted by atomic mass is 9.52. The molecule has 110 valence electrons. The Bertz CT molecular complexity index is 723. The molecule has 3 rings (SSSR count). The maximum Gasteiger partial charge on any atom is 0.178 e. The van der Waals surface area contributed by atoms with Crippen LogP contribution in [0.2, 0.25) is 5.15 Å². The van der Waals surface area contributed by atoms with Gasteiger partial charge in [0, 0.05) is 23.4 Å². The summed E-state index contributed by atoms with van der Waals surface area (Å²) in [7, 11) is 1.83. The molecule has 2 unspecified atom stereocenters. The first-order valence-electron chi connectivity index (χ1n) is 7.13. The Balaban J connectivity index is 2.30. The third-order valence-corrected chi connectivity index (χ3v) is 5.72. The van der Waals surface area contributed by atoms with Crippen LogP contribution in [-0.4, -0.2) is 15.6 Å². The van der Waals surface area contributed by atoms with E-state index in [1.165, 1.54) is 0 Å². The standard InChI is InChI=1S/C16H18ClN3O/c1-15(2)11-6-5-10-12(19-20(4)14(10)17)16(11,3)7-9(8-18)13(15)21/h7,11H,5-6H2,1-4H3. The second kappa shape index (κ2) is 4.20. The largest absolute Gasteiger partial charge is 0.293 e. The van der Waals surface area contributed by atoms with Crippen molar-refractivity contribution in [2.45, 2.75) is 39.0 Å². The van der Waals surface area contributed by atoms with Crippen LogP contribution in [0, 0.1) is 22.7 Å². The third kappa shape index (κ3) is 1.67. The molecule has 1 aromatic heterocycles. The van der Waals surface area contributed by atoms with Crippen LogP contribution in [0.4, 0.5) is 0 Å². The highest BCUT2D eigenvalue weighted by molar-refractivity contribution is 6.30. The number of hydrogen-bond donors (Lipinski definition) is 0. The molecule has 0 N–H and O–H groups in total. The van der Waals surface area contributed by atoms with Gasteiger partial charge in [0.1, 0.15) is 11.2 Å². The van der Waals surface area contributed by atoms with Crippen molar-refractivity contribution < 1.29 is 4.79 Å². The minimum atomic E-state index is -0.559. The van der Waals surface area contributed by atoms with Gasteiger partial charge in [-0.15, -0.1) is 0 Å². The number of nitriles is 1. The van der Waals surface area contributed by atoms with Crippen molar-refractivity contribution in [1.82, 2.24) is 9.78 Å². The van der Waals surface area contributed by atoms with Crippen LogP contribution in [0.1, 0.15) is 38.4 Å². The Hall–Kier alpha value is -1.60. The number of Topliss-reactive ketones (excluding diaryl/α,β-unsaturated/α-hetero) is 1. The number of nitrogens with zero attached hydrogens (tertiary/aromatic N) is 3. The normalized spacial score (nSPS) is 30.2. The van der Waals surface area contributed by atoms with Gasteiger partial charge >= 0.3 is 0 Å². The lowest BCUT2D eigenvalue weighted by Gasteiger charge is -2.49. The Kier molecular flexibility index (Phi) is 2.87. The van der Waals surface area contributed by atoms with Crippen molar-refractivity contribution in [3.63, 3.8) is 0 Å². The second-order valence-corrected chi connectivity index (χ2v) is 7.19. The second-order valence-electron chi connectivity index (χ2n) is 6.84. The molecular weight excluding hydrogens is 286 g/mol. The highest BCUT2D eigenvalue weighted by atomic mass is 35.5. The van der Waals surface area contributed by atoms with E-state index in [0.717, 1.165) is 24.1 Å². The first-order valence-corrected chi connectivity index (χ1v) is 7.51. The number of rotatable bonds is 0. The zero-order chi connectivity index (χ0) is 15.6. The molecule has 4 nitrogen and oxygen atoms in total. The summed E-state index contributed by atoms with van der Waals surface area (Å²) in [6.07, 6.45) is 3.52. The van der Waals surface area contributed by atoms with Crippen molar-refractivity contribution in [3.05, 3.63) is 28.1 Å². The fourth-order valence-corrected chi connectivity index (χ4v) is 4.41. The van der Waals surface area contributed by atoms with Gasteiger partial charge in [-0.25, -0.2) is 0 Å². The van der Waals surface area contributed by atoms with Gasteiger partial charge in [-0.3, -0.25) is 9.48 Å². The van der Waals surface area contributed by atoms with Crippen LogP contribution in [0.25, 0.3) is 0 Å². The average molecular weight is 304 g/mol. The summed E-state index contributed by atoms with van der Waals surface area (Å²) in [6.45, 7) is 5.96. The van der Waals surface area contributed by atoms with E-state index >= 15 is 0 Å². The monoisotopic (exact) mass is 303 g/mol. The van der Waals surface area contributed by atoms with E-state index < -0.39 is 10.8 Å². The maximum atomic E-state index is 12.5. The van der Waals surface area contributed by atoms with Crippen LogP contribution in [0.3, 0.4) is 0 Å². The van der Waals surface area contributed by atoms with Gasteiger partial charge in [0.2, 0.25) is 0 Å². The molecule has 1 heterocycles. The summed E-state index contributed by atoms with van der Waals surface area (Å²) in [5, 5.41) is 14.6. The van der Waals surface area contributed by atoms with Crippen LogP contribution < -0.4 is 0 Å². The molecule has 0 aromatic carbocycles. The number of allylic oxidation sites excluding steroid dienone is 2. The molecule has 0 saturated carbocycles. The summed E-state index contributed by atoms with van der Waals surface area (Å²) in [5.74, 6) is 0.0750. The molecule has 21 heavy (non-hydrogen) atoms. The highest BCUT2D eigenvalue weighted by Gasteiger charge is 2.55. The van der Waals surface area contributed by atoms with Crippen molar-refractivity contribution in [1.29, 1.82) is 5.26 Å². The van der Waals surface area contributed by atoms with E-state index in [2.05, 4.69) is 18.1 Å². The molecule has 1 aromatic rings. The van der Waals surface area contributed by atoms with Gasteiger partial charge in [-0.1, -0.05) is 38.4 Å². The van der Waals surface area contributed by atoms with Crippen LogP contribution in [0.5, 0.6) is 0 Å². The van der Waals surface area contributed by atoms with Gasteiger partial charge in [0.25, 0.3) is 0 Å². The number of ketones is 1. The Morgan fingerprint density at radius 1 is 1.48 bits per heavy atom. The number of hydrogen-bond acceptors (Lipinski definition) is 3. The number of aryl methyl sites for hydroxylation is 1. The summed E-state index contributed by atoms with van der Waals surface area (Å²) in [6, 6.07) is 2.06. The van der Waals surface area contributed by atoms with E-state index in [4.69, 9.17) is 11.6 Å². The minimum Gasteiger partial charge on any atom is -0.293 e. The molecule has 2 aliphatic rings. The number of aromatic nitrogens is 2. The summed E-state index contributed by atoms with van der Waals surface area (Å²) in [5.41, 5.74) is 1.24. The van der Waals surface area contributed by atoms with Gasteiger partial charge in [0.05, 0.1) is 11.3 Å². The number of carbonyl (C=O) groups is 1. The van der Waals surface area contributed by atoms with E-state index in [-0.39, 0.29) is 17.3 Å². The lowest BCUT2D eigenvalue weighted by molar-refractivity contribution is -0.128. The van der Waals surface area contributed by atoms with Gasteiger partial charge in [0.15, 0.2) is 5.78 Å². The van der Waals surface area contributed by atoms with Crippen LogP contribution >= 0.6 is 11.6 Å². The number of fused-ring (bicyclic) bond motifs is 3. The zero-order valence-corrected chi connectivity index (χ0v) is 13.5. The first kappa shape index (κ1) is 14.3. The first-order chi connectivity index (χ1) is 9.73. The smallest absolute Gasteiger partial charge is 0.178 e. The SMILES string of the molecule is Cn1nc2c(c1Cl)CCC1C(C)(C)C(=O)C(C#N)=CC21C. The summed E-state index contributed by atoms with van der Waals surface area (Å²) < 4.78 is 1.68. The molecule has 0 fully saturated rings. The van der Waals surface area contributed by atoms with E-state index in [1.54, 1.807) is 4.68 Å². The molecule has 2 atom stereocenters.